The van der Waals surface area contributed by atoms with Gasteiger partial charge in [0.25, 0.3) is 0 Å². The van der Waals surface area contributed by atoms with Crippen molar-refractivity contribution in [1.82, 2.24) is 10.2 Å². The van der Waals surface area contributed by atoms with Crippen LogP contribution in [0.5, 0.6) is 0 Å². The molecule has 2 unspecified atom stereocenters. The molecular formula is C10H20N2O2. The molecule has 0 aromatic heterocycles. The second kappa shape index (κ2) is 5.32. The summed E-state index contributed by atoms with van der Waals surface area (Å²) in [6.45, 7) is 7.91. The van der Waals surface area contributed by atoms with E-state index in [1.165, 1.54) is 0 Å². The zero-order chi connectivity index (χ0) is 10.6. The Morgan fingerprint density at radius 2 is 2.36 bits per heavy atom. The summed E-state index contributed by atoms with van der Waals surface area (Å²) < 4.78 is 5.42. The van der Waals surface area contributed by atoms with Crippen molar-refractivity contribution < 1.29 is 9.53 Å². The van der Waals surface area contributed by atoms with Crippen molar-refractivity contribution in [2.75, 3.05) is 19.7 Å². The highest BCUT2D eigenvalue weighted by atomic mass is 16.5. The molecule has 1 amide bonds. The third kappa shape index (κ3) is 2.69. The normalized spacial score (nSPS) is 24.4. The number of nitrogens with one attached hydrogen (secondary N) is 1. The highest BCUT2D eigenvalue weighted by Gasteiger charge is 2.29. The molecular weight excluding hydrogens is 180 g/mol. The van der Waals surface area contributed by atoms with E-state index < -0.39 is 0 Å². The molecule has 82 valence electrons. The van der Waals surface area contributed by atoms with Crippen molar-refractivity contribution in [2.45, 2.75) is 39.5 Å². The van der Waals surface area contributed by atoms with Crippen molar-refractivity contribution >= 4 is 5.91 Å². The fourth-order valence-corrected chi connectivity index (χ4v) is 1.80. The third-order valence-electron chi connectivity index (χ3n) is 2.48. The summed E-state index contributed by atoms with van der Waals surface area (Å²) in [5.74, 6) is 0.184. The Morgan fingerprint density at radius 3 is 2.93 bits per heavy atom. The van der Waals surface area contributed by atoms with E-state index in [0.29, 0.717) is 19.7 Å². The van der Waals surface area contributed by atoms with Crippen LogP contribution in [-0.2, 0) is 9.53 Å². The number of amides is 1. The largest absolute Gasteiger partial charge is 0.377 e. The molecule has 1 rings (SSSR count). The lowest BCUT2D eigenvalue weighted by Crippen LogP contribution is -2.41. The zero-order valence-electron chi connectivity index (χ0n) is 9.25. The van der Waals surface area contributed by atoms with Gasteiger partial charge in [0.15, 0.2) is 0 Å². The van der Waals surface area contributed by atoms with Crippen LogP contribution in [0.25, 0.3) is 0 Å². The van der Waals surface area contributed by atoms with Crippen LogP contribution in [-0.4, -0.2) is 42.8 Å². The first-order chi connectivity index (χ1) is 6.69. The van der Waals surface area contributed by atoms with Crippen molar-refractivity contribution in [3.05, 3.63) is 0 Å². The summed E-state index contributed by atoms with van der Waals surface area (Å²) in [6, 6.07) is 0. The van der Waals surface area contributed by atoms with E-state index >= 15 is 0 Å². The number of ether oxygens (including phenoxy) is 1. The SMILES string of the molecule is CCOC(C)CN1C(=O)CNC1CC. The monoisotopic (exact) mass is 200 g/mol. The molecule has 4 heteroatoms. The Hall–Kier alpha value is -0.610. The summed E-state index contributed by atoms with van der Waals surface area (Å²) in [6.07, 6.45) is 1.27. The lowest BCUT2D eigenvalue weighted by Gasteiger charge is -2.26. The lowest BCUT2D eigenvalue weighted by atomic mass is 10.3. The summed E-state index contributed by atoms with van der Waals surface area (Å²) >= 11 is 0. The van der Waals surface area contributed by atoms with E-state index in [1.54, 1.807) is 0 Å². The Kier molecular flexibility index (Phi) is 4.35. The summed E-state index contributed by atoms with van der Waals surface area (Å²) in [4.78, 5) is 13.4. The number of carbonyl (C=O) groups is 1. The van der Waals surface area contributed by atoms with Gasteiger partial charge in [0.05, 0.1) is 18.8 Å². The van der Waals surface area contributed by atoms with Gasteiger partial charge in [-0.2, -0.15) is 0 Å². The predicted molar refractivity (Wildman–Crippen MR) is 54.9 cm³/mol. The maximum Gasteiger partial charge on any atom is 0.237 e. The van der Waals surface area contributed by atoms with Gasteiger partial charge in [0, 0.05) is 13.2 Å². The van der Waals surface area contributed by atoms with Crippen molar-refractivity contribution in [1.29, 1.82) is 0 Å². The number of rotatable bonds is 5. The number of nitrogens with zero attached hydrogens (tertiary/aromatic N) is 1. The first kappa shape index (κ1) is 11.5. The fraction of sp³-hybridized carbons (Fsp3) is 0.900. The van der Waals surface area contributed by atoms with Crippen molar-refractivity contribution in [3.8, 4) is 0 Å². The summed E-state index contributed by atoms with van der Waals surface area (Å²) in [5, 5.41) is 3.17. The van der Waals surface area contributed by atoms with Crippen LogP contribution in [0.3, 0.4) is 0 Å². The minimum Gasteiger partial charge on any atom is -0.377 e. The first-order valence-electron chi connectivity index (χ1n) is 5.33. The van der Waals surface area contributed by atoms with E-state index in [0.717, 1.165) is 6.42 Å². The van der Waals surface area contributed by atoms with Crippen LogP contribution in [0.4, 0.5) is 0 Å². The van der Waals surface area contributed by atoms with Gasteiger partial charge < -0.3 is 9.64 Å². The molecule has 0 aromatic rings. The minimum absolute atomic E-state index is 0.123. The molecule has 0 bridgehead atoms. The number of carbonyl (C=O) groups excluding carboxylic acids is 1. The van der Waals surface area contributed by atoms with Crippen LogP contribution in [0, 0.1) is 0 Å². The van der Waals surface area contributed by atoms with E-state index in [-0.39, 0.29) is 18.2 Å². The third-order valence-corrected chi connectivity index (χ3v) is 2.48. The topological polar surface area (TPSA) is 41.6 Å². The molecule has 1 fully saturated rings. The Labute approximate surface area is 85.6 Å². The molecule has 1 aliphatic heterocycles. The standard InChI is InChI=1S/C10H20N2O2/c1-4-9-11-6-10(13)12(9)7-8(3)14-5-2/h8-9,11H,4-7H2,1-3H3. The lowest BCUT2D eigenvalue weighted by molar-refractivity contribution is -0.129. The van der Waals surface area contributed by atoms with Gasteiger partial charge in [0.1, 0.15) is 0 Å². The molecule has 1 heterocycles. The van der Waals surface area contributed by atoms with Crippen molar-refractivity contribution in [3.63, 3.8) is 0 Å². The van der Waals surface area contributed by atoms with Crippen LogP contribution >= 0.6 is 0 Å². The molecule has 1 aliphatic rings. The Morgan fingerprint density at radius 1 is 1.64 bits per heavy atom. The van der Waals surface area contributed by atoms with Gasteiger partial charge >= 0.3 is 0 Å². The number of hydrogen-bond donors (Lipinski definition) is 1. The predicted octanol–water partition coefficient (Wildman–Crippen LogP) is 0.579. The molecule has 1 saturated heterocycles. The molecule has 4 nitrogen and oxygen atoms in total. The van der Waals surface area contributed by atoms with Crippen LogP contribution in [0.15, 0.2) is 0 Å². The van der Waals surface area contributed by atoms with E-state index in [4.69, 9.17) is 4.74 Å². The van der Waals surface area contributed by atoms with Gasteiger partial charge in [-0.05, 0) is 20.3 Å². The Bertz CT molecular complexity index is 197. The molecule has 2 atom stereocenters. The average molecular weight is 200 g/mol. The maximum atomic E-state index is 11.5. The highest BCUT2D eigenvalue weighted by molar-refractivity contribution is 5.80. The molecule has 14 heavy (non-hydrogen) atoms. The fourth-order valence-electron chi connectivity index (χ4n) is 1.80. The Balaban J connectivity index is 2.44. The van der Waals surface area contributed by atoms with Gasteiger partial charge in [-0.3, -0.25) is 10.1 Å². The molecule has 0 aromatic carbocycles. The van der Waals surface area contributed by atoms with E-state index in [2.05, 4.69) is 12.2 Å². The molecule has 1 N–H and O–H groups in total. The molecule has 0 aliphatic carbocycles. The van der Waals surface area contributed by atoms with Gasteiger partial charge in [-0.15, -0.1) is 0 Å². The van der Waals surface area contributed by atoms with Crippen molar-refractivity contribution in [2.24, 2.45) is 0 Å². The minimum atomic E-state index is 0.123. The molecule has 0 radical (unpaired) electrons. The van der Waals surface area contributed by atoms with Gasteiger partial charge in [-0.1, -0.05) is 6.92 Å². The first-order valence-corrected chi connectivity index (χ1v) is 5.33. The second-order valence-electron chi connectivity index (χ2n) is 3.62. The summed E-state index contributed by atoms with van der Waals surface area (Å²) in [5.41, 5.74) is 0. The zero-order valence-corrected chi connectivity index (χ0v) is 9.25. The van der Waals surface area contributed by atoms with Crippen LogP contribution in [0.2, 0.25) is 0 Å². The quantitative estimate of drug-likeness (QED) is 0.706. The van der Waals surface area contributed by atoms with Gasteiger partial charge in [0.2, 0.25) is 5.91 Å². The maximum absolute atomic E-state index is 11.5. The molecule has 0 spiro atoms. The molecule has 0 saturated carbocycles. The van der Waals surface area contributed by atoms with E-state index in [1.807, 2.05) is 18.7 Å². The number of hydrogen-bond acceptors (Lipinski definition) is 3. The second-order valence-corrected chi connectivity index (χ2v) is 3.62. The highest BCUT2D eigenvalue weighted by Crippen LogP contribution is 2.09. The van der Waals surface area contributed by atoms with E-state index in [9.17, 15) is 4.79 Å². The average Bonchev–Trinajstić information content (AvgIpc) is 2.48. The summed E-state index contributed by atoms with van der Waals surface area (Å²) in [7, 11) is 0. The smallest absolute Gasteiger partial charge is 0.237 e. The van der Waals surface area contributed by atoms with Gasteiger partial charge in [-0.25, -0.2) is 0 Å². The van der Waals surface area contributed by atoms with Crippen LogP contribution in [0.1, 0.15) is 27.2 Å². The van der Waals surface area contributed by atoms with Crippen LogP contribution < -0.4 is 5.32 Å².